The fourth-order valence-corrected chi connectivity index (χ4v) is 1.47. The molecule has 1 heteroatoms. The molecule has 2 unspecified atom stereocenters. The van der Waals surface area contributed by atoms with E-state index in [1.54, 1.807) is 19.1 Å². The van der Waals surface area contributed by atoms with Crippen LogP contribution in [0.3, 0.4) is 0 Å². The van der Waals surface area contributed by atoms with E-state index in [4.69, 9.17) is 0 Å². The van der Waals surface area contributed by atoms with Crippen molar-refractivity contribution < 1.29 is 5.11 Å². The van der Waals surface area contributed by atoms with Gasteiger partial charge in [-0.05, 0) is 27.2 Å². The second-order valence-electron chi connectivity index (χ2n) is 4.22. The lowest BCUT2D eigenvalue weighted by molar-refractivity contribution is 0.0638. The van der Waals surface area contributed by atoms with Crippen LogP contribution in [0.25, 0.3) is 0 Å². The summed E-state index contributed by atoms with van der Waals surface area (Å²) in [5.74, 6) is 0.00454. The maximum atomic E-state index is 10.1. The van der Waals surface area contributed by atoms with E-state index in [-0.39, 0.29) is 5.92 Å². The van der Waals surface area contributed by atoms with E-state index < -0.39 is 5.60 Å². The molecule has 0 saturated heterocycles. The molecule has 0 rings (SSSR count). The van der Waals surface area contributed by atoms with Crippen LogP contribution in [0.1, 0.15) is 27.2 Å². The molecule has 0 aliphatic carbocycles. The number of hydrogen-bond donors (Lipinski definition) is 1. The normalized spacial score (nSPS) is 17.7. The molecule has 1 N–H and O–H groups in total. The van der Waals surface area contributed by atoms with Crippen LogP contribution >= 0.6 is 0 Å². The van der Waals surface area contributed by atoms with Crippen molar-refractivity contribution in [1.29, 1.82) is 0 Å². The smallest absolute Gasteiger partial charge is 0.0864 e. The Balaban J connectivity index is 4.78. The van der Waals surface area contributed by atoms with E-state index in [1.807, 2.05) is 13.8 Å². The third-order valence-corrected chi connectivity index (χ3v) is 2.71. The topological polar surface area (TPSA) is 20.2 Å². The second kappa shape index (κ2) is 5.72. The summed E-state index contributed by atoms with van der Waals surface area (Å²) in [5.41, 5.74) is 1.18. The van der Waals surface area contributed by atoms with Gasteiger partial charge in [0.1, 0.15) is 0 Å². The van der Waals surface area contributed by atoms with Crippen molar-refractivity contribution >= 4 is 0 Å². The number of rotatable bonds is 6. The van der Waals surface area contributed by atoms with Gasteiger partial charge in [0.15, 0.2) is 0 Å². The Morgan fingerprint density at radius 3 is 2.27 bits per heavy atom. The van der Waals surface area contributed by atoms with E-state index in [0.29, 0.717) is 0 Å². The first kappa shape index (κ1) is 13.9. The van der Waals surface area contributed by atoms with Gasteiger partial charge in [0, 0.05) is 5.92 Å². The second-order valence-corrected chi connectivity index (χ2v) is 4.22. The van der Waals surface area contributed by atoms with Crippen LogP contribution in [0.2, 0.25) is 0 Å². The third-order valence-electron chi connectivity index (χ3n) is 2.71. The van der Waals surface area contributed by atoms with Crippen molar-refractivity contribution in [2.24, 2.45) is 5.92 Å². The van der Waals surface area contributed by atoms with Gasteiger partial charge in [-0.3, -0.25) is 0 Å². The average molecular weight is 206 g/mol. The molecule has 0 fully saturated rings. The summed E-state index contributed by atoms with van der Waals surface area (Å²) in [6.45, 7) is 16.9. The van der Waals surface area contributed by atoms with Crippen molar-refractivity contribution in [3.8, 4) is 0 Å². The van der Waals surface area contributed by atoms with Crippen molar-refractivity contribution in [3.63, 3.8) is 0 Å². The molecule has 0 aromatic heterocycles. The quantitative estimate of drug-likeness (QED) is 0.519. The zero-order valence-corrected chi connectivity index (χ0v) is 10.1. The Bertz CT molecular complexity index is 282. The predicted octanol–water partition coefficient (Wildman–Crippen LogP) is 3.64. The standard InChI is InChI=1S/C14H22O/c1-7-12(5)9-10-13(11(3)4)14(6,15)8-2/h7-9,13,15H,1-3,10H2,4-6H3/b12-9+. The molecule has 84 valence electrons. The summed E-state index contributed by atoms with van der Waals surface area (Å²) in [6, 6.07) is 0. The SMILES string of the molecule is C=C/C(C)=C/CC(C(=C)C)C(C)(O)C=C. The maximum absolute atomic E-state index is 10.1. The number of allylic oxidation sites excluding steroid dienone is 3. The molecule has 0 heterocycles. The lowest BCUT2D eigenvalue weighted by Crippen LogP contribution is -2.32. The minimum absolute atomic E-state index is 0.00454. The summed E-state index contributed by atoms with van der Waals surface area (Å²) >= 11 is 0. The van der Waals surface area contributed by atoms with Crippen molar-refractivity contribution in [2.45, 2.75) is 32.8 Å². The van der Waals surface area contributed by atoms with E-state index in [2.05, 4.69) is 25.8 Å². The predicted molar refractivity (Wildman–Crippen MR) is 67.7 cm³/mol. The van der Waals surface area contributed by atoms with Crippen LogP contribution in [0, 0.1) is 5.92 Å². The maximum Gasteiger partial charge on any atom is 0.0864 e. The third kappa shape index (κ3) is 4.30. The Labute approximate surface area is 93.5 Å². The van der Waals surface area contributed by atoms with Gasteiger partial charge in [0.2, 0.25) is 0 Å². The van der Waals surface area contributed by atoms with Gasteiger partial charge in [-0.15, -0.1) is 6.58 Å². The fraction of sp³-hybridized carbons (Fsp3) is 0.429. The van der Waals surface area contributed by atoms with Crippen LogP contribution in [0.15, 0.2) is 49.1 Å². The van der Waals surface area contributed by atoms with Crippen LogP contribution in [0.5, 0.6) is 0 Å². The highest BCUT2D eigenvalue weighted by Gasteiger charge is 2.28. The number of hydrogen-bond acceptors (Lipinski definition) is 1. The fourth-order valence-electron chi connectivity index (χ4n) is 1.47. The van der Waals surface area contributed by atoms with Crippen molar-refractivity contribution in [3.05, 3.63) is 49.1 Å². The molecule has 15 heavy (non-hydrogen) atoms. The molecule has 0 aliphatic heterocycles. The lowest BCUT2D eigenvalue weighted by Gasteiger charge is -2.29. The van der Waals surface area contributed by atoms with Gasteiger partial charge in [-0.2, -0.15) is 0 Å². The molecule has 0 aliphatic rings. The highest BCUT2D eigenvalue weighted by atomic mass is 16.3. The van der Waals surface area contributed by atoms with Crippen molar-refractivity contribution in [1.82, 2.24) is 0 Å². The molecular formula is C14H22O. The first-order valence-corrected chi connectivity index (χ1v) is 5.15. The van der Waals surface area contributed by atoms with Gasteiger partial charge in [-0.25, -0.2) is 0 Å². The first-order valence-electron chi connectivity index (χ1n) is 5.15. The van der Waals surface area contributed by atoms with Gasteiger partial charge in [0.25, 0.3) is 0 Å². The van der Waals surface area contributed by atoms with Crippen LogP contribution in [-0.2, 0) is 0 Å². The summed E-state index contributed by atoms with van der Waals surface area (Å²) in [4.78, 5) is 0. The molecular weight excluding hydrogens is 184 g/mol. The largest absolute Gasteiger partial charge is 0.385 e. The van der Waals surface area contributed by atoms with Crippen LogP contribution in [0.4, 0.5) is 0 Å². The van der Waals surface area contributed by atoms with Gasteiger partial charge >= 0.3 is 0 Å². The van der Waals surface area contributed by atoms with E-state index >= 15 is 0 Å². The monoisotopic (exact) mass is 206 g/mol. The van der Waals surface area contributed by atoms with E-state index in [0.717, 1.165) is 17.6 Å². The molecule has 1 nitrogen and oxygen atoms in total. The van der Waals surface area contributed by atoms with Crippen LogP contribution < -0.4 is 0 Å². The Morgan fingerprint density at radius 2 is 1.93 bits per heavy atom. The summed E-state index contributed by atoms with van der Waals surface area (Å²) in [6.07, 6.45) is 6.19. The van der Waals surface area contributed by atoms with Gasteiger partial charge in [-0.1, -0.05) is 42.5 Å². The summed E-state index contributed by atoms with van der Waals surface area (Å²) in [7, 11) is 0. The van der Waals surface area contributed by atoms with Gasteiger partial charge < -0.3 is 5.11 Å². The van der Waals surface area contributed by atoms with Crippen molar-refractivity contribution in [2.75, 3.05) is 0 Å². The molecule has 0 bridgehead atoms. The summed E-state index contributed by atoms with van der Waals surface area (Å²) in [5, 5.41) is 10.1. The summed E-state index contributed by atoms with van der Waals surface area (Å²) < 4.78 is 0. The van der Waals surface area contributed by atoms with Gasteiger partial charge in [0.05, 0.1) is 5.60 Å². The average Bonchev–Trinajstić information content (AvgIpc) is 2.16. The first-order chi connectivity index (χ1) is 6.85. The van der Waals surface area contributed by atoms with E-state index in [1.165, 1.54) is 0 Å². The molecule has 2 atom stereocenters. The minimum Gasteiger partial charge on any atom is -0.385 e. The lowest BCUT2D eigenvalue weighted by atomic mass is 9.81. The highest BCUT2D eigenvalue weighted by molar-refractivity contribution is 5.17. The Morgan fingerprint density at radius 1 is 1.40 bits per heavy atom. The minimum atomic E-state index is -0.899. The molecule has 0 saturated carbocycles. The van der Waals surface area contributed by atoms with E-state index in [9.17, 15) is 5.11 Å². The zero-order valence-electron chi connectivity index (χ0n) is 10.1. The zero-order chi connectivity index (χ0) is 12.1. The van der Waals surface area contributed by atoms with Crippen LogP contribution in [-0.4, -0.2) is 10.7 Å². The molecule has 0 aromatic carbocycles. The molecule has 0 radical (unpaired) electrons. The molecule has 0 amide bonds. The molecule has 0 spiro atoms. The Hall–Kier alpha value is -1.08. The molecule has 0 aromatic rings. The Kier molecular flexibility index (Phi) is 5.31. The number of aliphatic hydroxyl groups is 1. The highest BCUT2D eigenvalue weighted by Crippen LogP contribution is 2.28.